The van der Waals surface area contributed by atoms with Crippen LogP contribution in [0.4, 0.5) is 0 Å². The van der Waals surface area contributed by atoms with Crippen molar-refractivity contribution in [2.24, 2.45) is 17.8 Å². The lowest BCUT2D eigenvalue weighted by molar-refractivity contribution is -0.168. The van der Waals surface area contributed by atoms with Gasteiger partial charge in [0, 0.05) is 6.61 Å². The van der Waals surface area contributed by atoms with Crippen LogP contribution in [0.2, 0.25) is 0 Å². The first kappa shape index (κ1) is 12.6. The minimum Gasteiger partial charge on any atom is -0.389 e. The molecule has 4 aliphatic rings. The highest BCUT2D eigenvalue weighted by Crippen LogP contribution is 2.57. The number of hydrogen-bond acceptors (Lipinski definition) is 2. The average molecular weight is 264 g/mol. The molecule has 4 fully saturated rings. The molecule has 0 radical (unpaired) electrons. The average Bonchev–Trinajstić information content (AvgIpc) is 3.00. The van der Waals surface area contributed by atoms with Crippen LogP contribution < -0.4 is 0 Å². The maximum Gasteiger partial charge on any atom is 0.0708 e. The predicted molar refractivity (Wildman–Crippen MR) is 74.9 cm³/mol. The quantitative estimate of drug-likeness (QED) is 0.783. The number of fused-ring (bicyclic) bond motifs is 2. The molecular weight excluding hydrogens is 236 g/mol. The normalized spacial score (nSPS) is 48.8. The number of rotatable bonds is 1. The molecular formula is C17H28O2. The zero-order valence-electron chi connectivity index (χ0n) is 12.1. The summed E-state index contributed by atoms with van der Waals surface area (Å²) in [6, 6.07) is 0. The molecule has 2 bridgehead atoms. The van der Waals surface area contributed by atoms with E-state index in [1.165, 1.54) is 51.4 Å². The molecule has 4 rings (SSSR count). The summed E-state index contributed by atoms with van der Waals surface area (Å²) in [4.78, 5) is 0. The van der Waals surface area contributed by atoms with E-state index in [-0.39, 0.29) is 11.2 Å². The second kappa shape index (κ2) is 4.46. The van der Waals surface area contributed by atoms with Crippen LogP contribution in [0.15, 0.2) is 0 Å². The molecule has 1 N–H and O–H groups in total. The van der Waals surface area contributed by atoms with Crippen molar-refractivity contribution in [3.05, 3.63) is 0 Å². The molecule has 4 unspecified atom stereocenters. The SMILES string of the molecule is OC1(C2CCOC3(CCCCC3)C2)CC2CCC1C2. The third-order valence-corrected chi connectivity index (χ3v) is 6.83. The fourth-order valence-corrected chi connectivity index (χ4v) is 5.84. The van der Waals surface area contributed by atoms with Gasteiger partial charge in [-0.1, -0.05) is 19.3 Å². The largest absolute Gasteiger partial charge is 0.389 e. The Morgan fingerprint density at radius 2 is 1.74 bits per heavy atom. The van der Waals surface area contributed by atoms with E-state index in [0.29, 0.717) is 11.8 Å². The first-order chi connectivity index (χ1) is 9.20. The summed E-state index contributed by atoms with van der Waals surface area (Å²) >= 11 is 0. The Balaban J connectivity index is 1.52. The summed E-state index contributed by atoms with van der Waals surface area (Å²) in [5, 5.41) is 11.3. The molecule has 0 aromatic carbocycles. The molecule has 2 heteroatoms. The second-order valence-corrected chi connectivity index (χ2v) is 7.85. The number of hydrogen-bond donors (Lipinski definition) is 1. The van der Waals surface area contributed by atoms with Crippen molar-refractivity contribution >= 4 is 0 Å². The van der Waals surface area contributed by atoms with E-state index in [1.54, 1.807) is 0 Å². The van der Waals surface area contributed by atoms with E-state index in [2.05, 4.69) is 0 Å². The maximum atomic E-state index is 11.3. The summed E-state index contributed by atoms with van der Waals surface area (Å²) in [7, 11) is 0. The molecule has 2 nitrogen and oxygen atoms in total. The summed E-state index contributed by atoms with van der Waals surface area (Å²) in [6.07, 6.45) is 13.8. The van der Waals surface area contributed by atoms with Gasteiger partial charge in [0.2, 0.25) is 0 Å². The van der Waals surface area contributed by atoms with Crippen LogP contribution in [-0.2, 0) is 4.74 Å². The molecule has 0 aromatic rings. The molecule has 0 aromatic heterocycles. The zero-order valence-corrected chi connectivity index (χ0v) is 12.1. The van der Waals surface area contributed by atoms with Crippen molar-refractivity contribution in [1.29, 1.82) is 0 Å². The van der Waals surface area contributed by atoms with Gasteiger partial charge in [-0.3, -0.25) is 0 Å². The lowest BCUT2D eigenvalue weighted by Gasteiger charge is -2.49. The van der Waals surface area contributed by atoms with Gasteiger partial charge < -0.3 is 9.84 Å². The topological polar surface area (TPSA) is 29.5 Å². The summed E-state index contributed by atoms with van der Waals surface area (Å²) < 4.78 is 6.21. The molecule has 0 amide bonds. The third-order valence-electron chi connectivity index (χ3n) is 6.83. The minimum absolute atomic E-state index is 0.152. The van der Waals surface area contributed by atoms with Crippen molar-refractivity contribution in [2.45, 2.75) is 81.8 Å². The smallest absolute Gasteiger partial charge is 0.0708 e. The zero-order chi connectivity index (χ0) is 12.9. The Morgan fingerprint density at radius 3 is 2.42 bits per heavy atom. The van der Waals surface area contributed by atoms with Crippen molar-refractivity contribution in [3.8, 4) is 0 Å². The van der Waals surface area contributed by atoms with Crippen molar-refractivity contribution < 1.29 is 9.84 Å². The maximum absolute atomic E-state index is 11.3. The monoisotopic (exact) mass is 264 g/mol. The lowest BCUT2D eigenvalue weighted by Crippen LogP contribution is -2.51. The highest BCUT2D eigenvalue weighted by molar-refractivity contribution is 5.07. The molecule has 3 aliphatic carbocycles. The van der Waals surface area contributed by atoms with Gasteiger partial charge in [-0.15, -0.1) is 0 Å². The van der Waals surface area contributed by atoms with Gasteiger partial charge >= 0.3 is 0 Å². The fraction of sp³-hybridized carbons (Fsp3) is 1.00. The summed E-state index contributed by atoms with van der Waals surface area (Å²) in [5.74, 6) is 1.97. The highest BCUT2D eigenvalue weighted by atomic mass is 16.5. The highest BCUT2D eigenvalue weighted by Gasteiger charge is 2.56. The van der Waals surface area contributed by atoms with Crippen molar-refractivity contribution in [3.63, 3.8) is 0 Å². The van der Waals surface area contributed by atoms with Gasteiger partial charge in [-0.05, 0) is 69.1 Å². The third kappa shape index (κ3) is 1.98. The molecule has 19 heavy (non-hydrogen) atoms. The fourth-order valence-electron chi connectivity index (χ4n) is 5.84. The van der Waals surface area contributed by atoms with Crippen LogP contribution in [-0.4, -0.2) is 22.9 Å². The Labute approximate surface area is 116 Å². The molecule has 4 atom stereocenters. The van der Waals surface area contributed by atoms with Gasteiger partial charge in [-0.2, -0.15) is 0 Å². The van der Waals surface area contributed by atoms with Crippen molar-refractivity contribution in [2.75, 3.05) is 6.61 Å². The predicted octanol–water partition coefficient (Wildman–Crippen LogP) is 3.67. The summed E-state index contributed by atoms with van der Waals surface area (Å²) in [6.45, 7) is 0.893. The Bertz CT molecular complexity index is 342. The minimum atomic E-state index is -0.322. The van der Waals surface area contributed by atoms with E-state index in [0.717, 1.165) is 31.8 Å². The van der Waals surface area contributed by atoms with E-state index in [1.807, 2.05) is 0 Å². The van der Waals surface area contributed by atoms with Gasteiger partial charge in [-0.25, -0.2) is 0 Å². The Kier molecular flexibility index (Phi) is 2.97. The van der Waals surface area contributed by atoms with Gasteiger partial charge in [0.1, 0.15) is 0 Å². The van der Waals surface area contributed by atoms with Gasteiger partial charge in [0.15, 0.2) is 0 Å². The van der Waals surface area contributed by atoms with E-state index in [4.69, 9.17) is 4.74 Å². The summed E-state index contributed by atoms with van der Waals surface area (Å²) in [5.41, 5.74) is -0.171. The second-order valence-electron chi connectivity index (χ2n) is 7.85. The Morgan fingerprint density at radius 1 is 0.895 bits per heavy atom. The van der Waals surface area contributed by atoms with Crippen LogP contribution in [0, 0.1) is 17.8 Å². The van der Waals surface area contributed by atoms with Crippen LogP contribution in [0.3, 0.4) is 0 Å². The van der Waals surface area contributed by atoms with Crippen LogP contribution in [0.25, 0.3) is 0 Å². The van der Waals surface area contributed by atoms with Crippen LogP contribution in [0.1, 0.15) is 70.6 Å². The van der Waals surface area contributed by atoms with E-state index in [9.17, 15) is 5.11 Å². The first-order valence-electron chi connectivity index (χ1n) is 8.57. The number of aliphatic hydroxyl groups is 1. The standard InChI is InChI=1S/C17H28O2/c18-17(11-13-4-5-14(17)10-13)15-6-9-19-16(12-15)7-2-1-3-8-16/h13-15,18H,1-12H2. The molecule has 108 valence electrons. The van der Waals surface area contributed by atoms with Crippen molar-refractivity contribution in [1.82, 2.24) is 0 Å². The molecule has 1 heterocycles. The Hall–Kier alpha value is -0.0800. The van der Waals surface area contributed by atoms with E-state index >= 15 is 0 Å². The van der Waals surface area contributed by atoms with E-state index < -0.39 is 0 Å². The first-order valence-corrected chi connectivity index (χ1v) is 8.57. The van der Waals surface area contributed by atoms with Crippen LogP contribution >= 0.6 is 0 Å². The van der Waals surface area contributed by atoms with Crippen LogP contribution in [0.5, 0.6) is 0 Å². The van der Waals surface area contributed by atoms with Gasteiger partial charge in [0.05, 0.1) is 11.2 Å². The molecule has 3 saturated carbocycles. The van der Waals surface area contributed by atoms with Gasteiger partial charge in [0.25, 0.3) is 0 Å². The molecule has 1 saturated heterocycles. The number of ether oxygens (including phenoxy) is 1. The molecule has 1 aliphatic heterocycles. The lowest BCUT2D eigenvalue weighted by atomic mass is 9.66. The molecule has 1 spiro atoms.